The van der Waals surface area contributed by atoms with Crippen molar-refractivity contribution < 1.29 is 41.4 Å². The van der Waals surface area contributed by atoms with Crippen LogP contribution in [-0.4, -0.2) is 23.6 Å². The molecule has 1 aliphatic heterocycles. The van der Waals surface area contributed by atoms with E-state index in [2.05, 4.69) is 0 Å². The molecule has 0 radical (unpaired) electrons. The second kappa shape index (κ2) is 9.52. The number of nitrogens with zero attached hydrogens (tertiary/aromatic N) is 1. The second-order valence-corrected chi connectivity index (χ2v) is 8.85. The lowest BCUT2D eigenvalue weighted by molar-refractivity contribution is -0.139. The van der Waals surface area contributed by atoms with E-state index in [0.29, 0.717) is 22.6 Å². The standard InChI is InChI=1S/C25H23F4NO5/c1-23(2,3)35-22(33)30-19-12-11-17(25(27,28)29)14-18(19)24(26,21(30)32)13-7-10-20(31)34-15-16-8-5-4-6-9-16/h4-12,14H,13,15H2,1-3H3/b10-7+/t24-/m1/s1. The topological polar surface area (TPSA) is 72.9 Å². The van der Waals surface area contributed by atoms with E-state index in [1.165, 1.54) is 20.8 Å². The molecule has 0 unspecified atom stereocenters. The van der Waals surface area contributed by atoms with Gasteiger partial charge in [0.05, 0.1) is 11.3 Å². The first-order valence-corrected chi connectivity index (χ1v) is 10.6. The van der Waals surface area contributed by atoms with Gasteiger partial charge in [0.15, 0.2) is 0 Å². The van der Waals surface area contributed by atoms with Crippen LogP contribution in [0.2, 0.25) is 0 Å². The Morgan fingerprint density at radius 2 is 1.71 bits per heavy atom. The molecule has 0 fully saturated rings. The number of allylic oxidation sites excluding steroid dienone is 1. The van der Waals surface area contributed by atoms with Crippen molar-refractivity contribution in [3.63, 3.8) is 0 Å². The van der Waals surface area contributed by atoms with Crippen LogP contribution in [0.15, 0.2) is 60.7 Å². The summed E-state index contributed by atoms with van der Waals surface area (Å²) in [6.45, 7) is 4.51. The lowest BCUT2D eigenvalue weighted by Gasteiger charge is -2.24. The molecule has 2 aromatic carbocycles. The van der Waals surface area contributed by atoms with Gasteiger partial charge in [-0.1, -0.05) is 36.4 Å². The van der Waals surface area contributed by atoms with Crippen molar-refractivity contribution in [2.45, 2.75) is 51.2 Å². The Kier molecular flexibility index (Phi) is 7.05. The fourth-order valence-corrected chi connectivity index (χ4v) is 3.41. The zero-order valence-corrected chi connectivity index (χ0v) is 19.2. The van der Waals surface area contributed by atoms with Crippen LogP contribution >= 0.6 is 0 Å². The van der Waals surface area contributed by atoms with Gasteiger partial charge in [0.1, 0.15) is 12.2 Å². The summed E-state index contributed by atoms with van der Waals surface area (Å²) in [6.07, 6.45) is -4.99. The third kappa shape index (κ3) is 5.87. The highest BCUT2D eigenvalue weighted by Crippen LogP contribution is 2.48. The van der Waals surface area contributed by atoms with E-state index in [0.717, 1.165) is 18.2 Å². The summed E-state index contributed by atoms with van der Waals surface area (Å²) in [6, 6.07) is 10.7. The molecule has 6 nitrogen and oxygen atoms in total. The van der Waals surface area contributed by atoms with Gasteiger partial charge in [-0.15, -0.1) is 0 Å². The van der Waals surface area contributed by atoms with E-state index in [-0.39, 0.29) is 12.3 Å². The van der Waals surface area contributed by atoms with E-state index >= 15 is 4.39 Å². The molecule has 0 aliphatic carbocycles. The van der Waals surface area contributed by atoms with Gasteiger partial charge in [0.2, 0.25) is 5.67 Å². The van der Waals surface area contributed by atoms with Gasteiger partial charge in [0.25, 0.3) is 5.91 Å². The summed E-state index contributed by atoms with van der Waals surface area (Å²) in [7, 11) is 0. The number of esters is 1. The number of halogens is 4. The van der Waals surface area contributed by atoms with Crippen LogP contribution in [0.25, 0.3) is 0 Å². The molecular weight excluding hydrogens is 470 g/mol. The average Bonchev–Trinajstić information content (AvgIpc) is 2.98. The molecule has 10 heteroatoms. The number of hydrogen-bond acceptors (Lipinski definition) is 5. The summed E-state index contributed by atoms with van der Waals surface area (Å²) in [5.74, 6) is -2.25. The number of carbonyl (C=O) groups is 3. The monoisotopic (exact) mass is 493 g/mol. The fraction of sp³-hybridized carbons (Fsp3) is 0.320. The molecule has 186 valence electrons. The van der Waals surface area contributed by atoms with Crippen LogP contribution in [0.5, 0.6) is 0 Å². The number of imide groups is 1. The molecule has 3 rings (SSSR count). The third-order valence-corrected chi connectivity index (χ3v) is 4.99. The zero-order valence-electron chi connectivity index (χ0n) is 19.2. The van der Waals surface area contributed by atoms with Gasteiger partial charge in [0, 0.05) is 18.1 Å². The number of carbonyl (C=O) groups excluding carboxylic acids is 3. The molecule has 35 heavy (non-hydrogen) atoms. The van der Waals surface area contributed by atoms with Crippen LogP contribution < -0.4 is 4.90 Å². The summed E-state index contributed by atoms with van der Waals surface area (Å²) >= 11 is 0. The highest BCUT2D eigenvalue weighted by Gasteiger charge is 2.55. The van der Waals surface area contributed by atoms with Gasteiger partial charge >= 0.3 is 18.2 Å². The summed E-state index contributed by atoms with van der Waals surface area (Å²) in [5.41, 5.74) is -5.57. The Balaban J connectivity index is 1.86. The summed E-state index contributed by atoms with van der Waals surface area (Å²) in [5, 5.41) is 0. The van der Waals surface area contributed by atoms with Crippen LogP contribution in [-0.2, 0) is 37.5 Å². The van der Waals surface area contributed by atoms with Crippen molar-refractivity contribution >= 4 is 23.7 Å². The molecule has 0 saturated heterocycles. The number of hydrogen-bond donors (Lipinski definition) is 0. The molecular formula is C25H23F4NO5. The third-order valence-electron chi connectivity index (χ3n) is 4.99. The second-order valence-electron chi connectivity index (χ2n) is 8.85. The molecule has 1 heterocycles. The average molecular weight is 493 g/mol. The number of anilines is 1. The molecule has 0 bridgehead atoms. The fourth-order valence-electron chi connectivity index (χ4n) is 3.41. The van der Waals surface area contributed by atoms with Crippen LogP contribution in [0.3, 0.4) is 0 Å². The Hall–Kier alpha value is -3.69. The highest BCUT2D eigenvalue weighted by atomic mass is 19.4. The predicted octanol–water partition coefficient (Wildman–Crippen LogP) is 5.84. The van der Waals surface area contributed by atoms with Crippen molar-refractivity contribution in [2.24, 2.45) is 0 Å². The van der Waals surface area contributed by atoms with E-state index < -0.39 is 53.0 Å². The number of fused-ring (bicyclic) bond motifs is 1. The van der Waals surface area contributed by atoms with Crippen LogP contribution in [0.4, 0.5) is 28.0 Å². The normalized spacial score (nSPS) is 18.0. The molecule has 2 aromatic rings. The van der Waals surface area contributed by atoms with Gasteiger partial charge in [-0.2, -0.15) is 13.2 Å². The van der Waals surface area contributed by atoms with Crippen molar-refractivity contribution in [2.75, 3.05) is 4.90 Å². The van der Waals surface area contributed by atoms with Gasteiger partial charge in [-0.3, -0.25) is 4.79 Å². The SMILES string of the molecule is CC(C)(C)OC(=O)N1C(=O)[C@@](F)(C/C=C/C(=O)OCc2ccccc2)c2cc(C(F)(F)F)ccc21. The number of rotatable bonds is 5. The molecule has 1 atom stereocenters. The van der Waals surface area contributed by atoms with Crippen molar-refractivity contribution in [1.82, 2.24) is 0 Å². The van der Waals surface area contributed by atoms with E-state index in [9.17, 15) is 27.6 Å². The van der Waals surface area contributed by atoms with Crippen molar-refractivity contribution in [3.05, 3.63) is 77.4 Å². The first-order valence-electron chi connectivity index (χ1n) is 10.6. The smallest absolute Gasteiger partial charge is 0.421 e. The molecule has 0 spiro atoms. The van der Waals surface area contributed by atoms with Crippen LogP contribution in [0, 0.1) is 0 Å². The number of amides is 2. The number of benzene rings is 2. The van der Waals surface area contributed by atoms with E-state index in [1.54, 1.807) is 30.3 Å². The summed E-state index contributed by atoms with van der Waals surface area (Å²) < 4.78 is 66.1. The van der Waals surface area contributed by atoms with Crippen LogP contribution in [0.1, 0.15) is 43.9 Å². The molecule has 0 N–H and O–H groups in total. The van der Waals surface area contributed by atoms with Crippen molar-refractivity contribution in [3.8, 4) is 0 Å². The Labute approximate surface area is 199 Å². The largest absolute Gasteiger partial charge is 0.458 e. The lowest BCUT2D eigenvalue weighted by Crippen LogP contribution is -2.43. The molecule has 2 amide bonds. The van der Waals surface area contributed by atoms with E-state index in [4.69, 9.17) is 9.47 Å². The number of ether oxygens (including phenoxy) is 2. The minimum Gasteiger partial charge on any atom is -0.458 e. The minimum absolute atomic E-state index is 0.0477. The van der Waals surface area contributed by atoms with Gasteiger partial charge < -0.3 is 9.47 Å². The first-order chi connectivity index (χ1) is 16.2. The lowest BCUT2D eigenvalue weighted by atomic mass is 9.92. The van der Waals surface area contributed by atoms with Gasteiger partial charge in [-0.25, -0.2) is 18.9 Å². The summed E-state index contributed by atoms with van der Waals surface area (Å²) in [4.78, 5) is 37.9. The Morgan fingerprint density at radius 1 is 1.06 bits per heavy atom. The Morgan fingerprint density at radius 3 is 2.31 bits per heavy atom. The quantitative estimate of drug-likeness (QED) is 0.297. The van der Waals surface area contributed by atoms with E-state index in [1.807, 2.05) is 0 Å². The molecule has 1 aliphatic rings. The maximum atomic E-state index is 16.0. The first kappa shape index (κ1) is 25.9. The highest BCUT2D eigenvalue weighted by molar-refractivity contribution is 6.20. The maximum absolute atomic E-state index is 16.0. The maximum Gasteiger partial charge on any atom is 0.421 e. The zero-order chi connectivity index (χ0) is 26.0. The number of alkyl halides is 4. The minimum atomic E-state index is -4.81. The molecule has 0 aromatic heterocycles. The van der Waals surface area contributed by atoms with Crippen molar-refractivity contribution in [1.29, 1.82) is 0 Å². The molecule has 0 saturated carbocycles. The Bertz CT molecular complexity index is 1150. The predicted molar refractivity (Wildman–Crippen MR) is 118 cm³/mol. The van der Waals surface area contributed by atoms with Gasteiger partial charge in [-0.05, 0) is 44.5 Å².